The molecule has 0 aromatic heterocycles. The number of hydrazine groups is 1. The van der Waals surface area contributed by atoms with Crippen molar-refractivity contribution in [3.8, 4) is 0 Å². The van der Waals surface area contributed by atoms with E-state index >= 15 is 0 Å². The largest absolute Gasteiger partial charge is 0.397 e. The van der Waals surface area contributed by atoms with Gasteiger partial charge in [0.25, 0.3) is 0 Å². The number of nitrogen functional groups attached to an aromatic ring is 1. The Labute approximate surface area is 83.5 Å². The highest BCUT2D eigenvalue weighted by molar-refractivity contribution is 5.84. The summed E-state index contributed by atoms with van der Waals surface area (Å²) in [7, 11) is 0. The van der Waals surface area contributed by atoms with Crippen molar-refractivity contribution in [3.63, 3.8) is 0 Å². The molecule has 0 aliphatic rings. The molecule has 14 heavy (non-hydrogen) atoms. The van der Waals surface area contributed by atoms with E-state index in [0.29, 0.717) is 17.8 Å². The van der Waals surface area contributed by atoms with E-state index < -0.39 is 0 Å². The summed E-state index contributed by atoms with van der Waals surface area (Å²) in [6, 6.07) is 3.49. The quantitative estimate of drug-likeness (QED) is 0.326. The predicted octanol–water partition coefficient (Wildman–Crippen LogP) is 1.09. The topological polar surface area (TPSA) is 72.3 Å². The molecule has 0 bridgehead atoms. The van der Waals surface area contributed by atoms with Crippen molar-refractivity contribution < 1.29 is 4.79 Å². The second-order valence-corrected chi connectivity index (χ2v) is 3.12. The zero-order valence-corrected chi connectivity index (χ0v) is 8.45. The van der Waals surface area contributed by atoms with Crippen LogP contribution in [-0.2, 0) is 0 Å². The SMILES string of the molecule is CCN(N)c1ccc(C=O)c(C)c1N. The molecule has 1 aromatic rings. The molecule has 0 saturated carbocycles. The fraction of sp³-hybridized carbons (Fsp3) is 0.300. The van der Waals surface area contributed by atoms with Crippen molar-refractivity contribution in [1.29, 1.82) is 0 Å². The van der Waals surface area contributed by atoms with Crippen LogP contribution in [-0.4, -0.2) is 12.8 Å². The summed E-state index contributed by atoms with van der Waals surface area (Å²) in [5, 5.41) is 1.55. The number of carbonyl (C=O) groups is 1. The van der Waals surface area contributed by atoms with E-state index in [4.69, 9.17) is 11.6 Å². The second-order valence-electron chi connectivity index (χ2n) is 3.12. The first-order chi connectivity index (χ1) is 6.61. The molecule has 0 fully saturated rings. The summed E-state index contributed by atoms with van der Waals surface area (Å²) < 4.78 is 0. The van der Waals surface area contributed by atoms with Gasteiger partial charge >= 0.3 is 0 Å². The Hall–Kier alpha value is -1.55. The molecule has 0 heterocycles. The Morgan fingerprint density at radius 2 is 2.14 bits per heavy atom. The molecule has 76 valence electrons. The molecular weight excluding hydrogens is 178 g/mol. The van der Waals surface area contributed by atoms with Crippen LogP contribution in [0, 0.1) is 6.92 Å². The standard InChI is InChI=1S/C10H15N3O/c1-3-13(12)9-5-4-8(6-14)7(2)10(9)11/h4-6H,3,11-12H2,1-2H3. The fourth-order valence-corrected chi connectivity index (χ4v) is 1.28. The highest BCUT2D eigenvalue weighted by Gasteiger charge is 2.09. The van der Waals surface area contributed by atoms with Gasteiger partial charge in [-0.25, -0.2) is 5.84 Å². The average Bonchev–Trinajstić information content (AvgIpc) is 2.21. The highest BCUT2D eigenvalue weighted by atomic mass is 16.1. The minimum atomic E-state index is 0.568. The van der Waals surface area contributed by atoms with Gasteiger partial charge in [0.15, 0.2) is 0 Å². The van der Waals surface area contributed by atoms with E-state index in [1.54, 1.807) is 17.1 Å². The molecule has 1 aromatic carbocycles. The maximum Gasteiger partial charge on any atom is 0.150 e. The summed E-state index contributed by atoms with van der Waals surface area (Å²) in [4.78, 5) is 10.6. The van der Waals surface area contributed by atoms with Crippen LogP contribution in [0.1, 0.15) is 22.8 Å². The van der Waals surface area contributed by atoms with E-state index in [9.17, 15) is 4.79 Å². The molecule has 1 rings (SSSR count). The normalized spacial score (nSPS) is 9.93. The van der Waals surface area contributed by atoms with E-state index in [1.165, 1.54) is 0 Å². The van der Waals surface area contributed by atoms with Gasteiger partial charge in [0, 0.05) is 12.1 Å². The molecule has 4 heteroatoms. The number of anilines is 2. The first kappa shape index (κ1) is 10.5. The van der Waals surface area contributed by atoms with Gasteiger partial charge in [0.1, 0.15) is 6.29 Å². The minimum absolute atomic E-state index is 0.568. The molecule has 0 unspecified atom stereocenters. The number of hydrogen-bond donors (Lipinski definition) is 2. The lowest BCUT2D eigenvalue weighted by molar-refractivity contribution is 0.112. The third-order valence-electron chi connectivity index (χ3n) is 2.31. The number of carbonyl (C=O) groups excluding carboxylic acids is 1. The molecule has 4 nitrogen and oxygen atoms in total. The smallest absolute Gasteiger partial charge is 0.150 e. The van der Waals surface area contributed by atoms with E-state index in [1.807, 2.05) is 13.8 Å². The monoisotopic (exact) mass is 193 g/mol. The van der Waals surface area contributed by atoms with Crippen molar-refractivity contribution in [1.82, 2.24) is 0 Å². The number of hydrogen-bond acceptors (Lipinski definition) is 4. The summed E-state index contributed by atoms with van der Waals surface area (Å²) in [6.07, 6.45) is 0.794. The van der Waals surface area contributed by atoms with Crippen LogP contribution in [0.3, 0.4) is 0 Å². The lowest BCUT2D eigenvalue weighted by Crippen LogP contribution is -2.31. The minimum Gasteiger partial charge on any atom is -0.397 e. The van der Waals surface area contributed by atoms with Crippen molar-refractivity contribution in [3.05, 3.63) is 23.3 Å². The van der Waals surface area contributed by atoms with Gasteiger partial charge in [-0.15, -0.1) is 0 Å². The Kier molecular flexibility index (Phi) is 3.09. The molecule has 0 spiro atoms. The van der Waals surface area contributed by atoms with E-state index in [-0.39, 0.29) is 0 Å². The average molecular weight is 193 g/mol. The van der Waals surface area contributed by atoms with Crippen LogP contribution in [0.15, 0.2) is 12.1 Å². The molecule has 0 radical (unpaired) electrons. The zero-order chi connectivity index (χ0) is 10.7. The van der Waals surface area contributed by atoms with E-state index in [2.05, 4.69) is 0 Å². The molecule has 4 N–H and O–H groups in total. The van der Waals surface area contributed by atoms with Gasteiger partial charge < -0.3 is 10.7 Å². The van der Waals surface area contributed by atoms with Crippen LogP contribution in [0.25, 0.3) is 0 Å². The lowest BCUT2D eigenvalue weighted by Gasteiger charge is -2.20. The summed E-state index contributed by atoms with van der Waals surface area (Å²) in [5.74, 6) is 5.72. The van der Waals surface area contributed by atoms with Crippen molar-refractivity contribution in [2.75, 3.05) is 17.3 Å². The van der Waals surface area contributed by atoms with Gasteiger partial charge in [0.2, 0.25) is 0 Å². The zero-order valence-electron chi connectivity index (χ0n) is 8.45. The van der Waals surface area contributed by atoms with Crippen molar-refractivity contribution >= 4 is 17.7 Å². The first-order valence-electron chi connectivity index (χ1n) is 4.48. The second kappa shape index (κ2) is 4.11. The maximum atomic E-state index is 10.6. The number of benzene rings is 1. The summed E-state index contributed by atoms with van der Waals surface area (Å²) >= 11 is 0. The number of nitrogens with two attached hydrogens (primary N) is 2. The number of aldehydes is 1. The van der Waals surface area contributed by atoms with E-state index in [0.717, 1.165) is 17.5 Å². The van der Waals surface area contributed by atoms with Gasteiger partial charge in [0.05, 0.1) is 11.4 Å². The van der Waals surface area contributed by atoms with Gasteiger partial charge in [-0.2, -0.15) is 0 Å². The van der Waals surface area contributed by atoms with Crippen LogP contribution >= 0.6 is 0 Å². The van der Waals surface area contributed by atoms with Gasteiger partial charge in [-0.3, -0.25) is 4.79 Å². The summed E-state index contributed by atoms with van der Waals surface area (Å²) in [5.41, 5.74) is 8.57. The Morgan fingerprint density at radius 1 is 1.50 bits per heavy atom. The van der Waals surface area contributed by atoms with Crippen molar-refractivity contribution in [2.45, 2.75) is 13.8 Å². The maximum absolute atomic E-state index is 10.6. The molecule has 0 atom stereocenters. The third-order valence-corrected chi connectivity index (χ3v) is 2.31. The number of nitrogens with zero attached hydrogens (tertiary/aromatic N) is 1. The van der Waals surface area contributed by atoms with Crippen molar-refractivity contribution in [2.24, 2.45) is 5.84 Å². The Balaban J connectivity index is 3.23. The number of rotatable bonds is 3. The third kappa shape index (κ3) is 1.70. The molecule has 0 aliphatic carbocycles. The summed E-state index contributed by atoms with van der Waals surface area (Å²) in [6.45, 7) is 4.42. The molecule has 0 amide bonds. The molecule has 0 saturated heterocycles. The highest BCUT2D eigenvalue weighted by Crippen LogP contribution is 2.26. The lowest BCUT2D eigenvalue weighted by atomic mass is 10.1. The van der Waals surface area contributed by atoms with Gasteiger partial charge in [-0.05, 0) is 31.5 Å². The first-order valence-corrected chi connectivity index (χ1v) is 4.48. The molecular formula is C10H15N3O. The Bertz CT molecular complexity index is 349. The van der Waals surface area contributed by atoms with Crippen LogP contribution in [0.5, 0.6) is 0 Å². The van der Waals surface area contributed by atoms with Crippen LogP contribution in [0.4, 0.5) is 11.4 Å². The molecule has 0 aliphatic heterocycles. The Morgan fingerprint density at radius 3 is 2.64 bits per heavy atom. The van der Waals surface area contributed by atoms with Crippen LogP contribution < -0.4 is 16.6 Å². The van der Waals surface area contributed by atoms with Gasteiger partial charge in [-0.1, -0.05) is 0 Å². The predicted molar refractivity (Wildman–Crippen MR) is 58.2 cm³/mol. The van der Waals surface area contributed by atoms with Crippen LogP contribution in [0.2, 0.25) is 0 Å². The fourth-order valence-electron chi connectivity index (χ4n) is 1.28.